The number of carbonyl (C=O) groups excluding carboxylic acids is 1. The third kappa shape index (κ3) is 6.02. The highest BCUT2D eigenvalue weighted by Gasteiger charge is 2.22. The summed E-state index contributed by atoms with van der Waals surface area (Å²) in [6.45, 7) is 0.658. The van der Waals surface area contributed by atoms with Crippen molar-refractivity contribution in [1.29, 1.82) is 0 Å². The van der Waals surface area contributed by atoms with E-state index >= 15 is 4.39 Å². The van der Waals surface area contributed by atoms with Crippen molar-refractivity contribution in [3.8, 4) is 34.3 Å². The number of ether oxygens (including phenoxy) is 3. The van der Waals surface area contributed by atoms with E-state index in [9.17, 15) is 22.8 Å². The van der Waals surface area contributed by atoms with Crippen molar-refractivity contribution in [2.45, 2.75) is 19.9 Å². The van der Waals surface area contributed by atoms with Gasteiger partial charge in [0.2, 0.25) is 5.43 Å². The zero-order chi connectivity index (χ0) is 31.5. The molecule has 44 heavy (non-hydrogen) atoms. The van der Waals surface area contributed by atoms with Crippen molar-refractivity contribution in [2.24, 2.45) is 0 Å². The summed E-state index contributed by atoms with van der Waals surface area (Å²) in [7, 11) is 2.86. The molecule has 0 saturated carbocycles. The number of nitrogens with zero attached hydrogens (tertiary/aromatic N) is 3. The number of methoxy groups -OCH3 is 2. The molecule has 5 rings (SSSR count). The minimum atomic E-state index is -2.79. The molecular weight excluding hydrogens is 584 g/mol. The number of fused-ring (bicyclic) bond motifs is 1. The van der Waals surface area contributed by atoms with Gasteiger partial charge in [-0.25, -0.2) is 22.5 Å². The maximum atomic E-state index is 15.2. The van der Waals surface area contributed by atoms with Gasteiger partial charge in [-0.05, 0) is 36.8 Å². The second-order valence-corrected chi connectivity index (χ2v) is 9.46. The molecule has 5 aromatic rings. The highest BCUT2D eigenvalue weighted by Crippen LogP contribution is 2.35. The van der Waals surface area contributed by atoms with Gasteiger partial charge in [0.25, 0.3) is 18.2 Å². The third-order valence-electron chi connectivity index (χ3n) is 6.69. The van der Waals surface area contributed by atoms with Crippen LogP contribution in [0.1, 0.15) is 16.1 Å². The van der Waals surface area contributed by atoms with Gasteiger partial charge in [0, 0.05) is 47.5 Å². The van der Waals surface area contributed by atoms with Gasteiger partial charge in [-0.3, -0.25) is 14.6 Å². The quantitative estimate of drug-likeness (QED) is 0.194. The van der Waals surface area contributed by atoms with Crippen molar-refractivity contribution < 1.29 is 36.6 Å². The Morgan fingerprint density at radius 3 is 2.39 bits per heavy atom. The first-order valence-electron chi connectivity index (χ1n) is 13.0. The molecule has 9 nitrogen and oxygen atoms in total. The Kier molecular flexibility index (Phi) is 8.47. The Balaban J connectivity index is 1.45. The second-order valence-electron chi connectivity index (χ2n) is 9.46. The van der Waals surface area contributed by atoms with Crippen LogP contribution in [0.15, 0.2) is 71.8 Å². The molecule has 0 atom stereocenters. The number of benzene rings is 2. The fourth-order valence-corrected chi connectivity index (χ4v) is 4.58. The first-order chi connectivity index (χ1) is 21.1. The van der Waals surface area contributed by atoms with E-state index in [1.54, 1.807) is 6.07 Å². The van der Waals surface area contributed by atoms with E-state index in [1.807, 2.05) is 0 Å². The fourth-order valence-electron chi connectivity index (χ4n) is 4.58. The maximum Gasteiger partial charge on any atom is 0.261 e. The number of nitrogens with one attached hydrogen (secondary N) is 1. The molecule has 3 heterocycles. The van der Waals surface area contributed by atoms with Crippen LogP contribution in [0.5, 0.6) is 23.1 Å². The van der Waals surface area contributed by atoms with Gasteiger partial charge in [-0.1, -0.05) is 12.1 Å². The highest BCUT2D eigenvalue weighted by molar-refractivity contribution is 6.04. The molecular formula is C31H24F4N4O5. The van der Waals surface area contributed by atoms with Crippen LogP contribution in [0.25, 0.3) is 22.2 Å². The summed E-state index contributed by atoms with van der Waals surface area (Å²) >= 11 is 0. The summed E-state index contributed by atoms with van der Waals surface area (Å²) in [5, 5.41) is 2.43. The molecule has 0 spiro atoms. The molecule has 0 radical (unpaired) electrons. The molecule has 2 aromatic carbocycles. The van der Waals surface area contributed by atoms with Crippen LogP contribution < -0.4 is 25.0 Å². The van der Waals surface area contributed by atoms with Crippen LogP contribution in [0, 0.1) is 18.6 Å². The van der Waals surface area contributed by atoms with Gasteiger partial charge in [-0.2, -0.15) is 0 Å². The van der Waals surface area contributed by atoms with E-state index in [0.717, 1.165) is 29.0 Å². The third-order valence-corrected chi connectivity index (χ3v) is 6.69. The molecule has 0 aliphatic rings. The number of hydrogen-bond donors (Lipinski definition) is 1. The van der Waals surface area contributed by atoms with E-state index in [0.29, 0.717) is 11.3 Å². The normalized spacial score (nSPS) is 11.1. The monoisotopic (exact) mass is 608 g/mol. The average molecular weight is 609 g/mol. The van der Waals surface area contributed by atoms with E-state index < -0.39 is 41.5 Å². The molecule has 13 heteroatoms. The molecule has 0 saturated heterocycles. The number of amides is 1. The van der Waals surface area contributed by atoms with Gasteiger partial charge in [0.05, 0.1) is 26.3 Å². The van der Waals surface area contributed by atoms with Gasteiger partial charge in [-0.15, -0.1) is 0 Å². The Hall–Kier alpha value is -5.46. The van der Waals surface area contributed by atoms with Crippen molar-refractivity contribution in [3.05, 3.63) is 100 Å². The van der Waals surface area contributed by atoms with Crippen molar-refractivity contribution >= 4 is 22.6 Å². The summed E-state index contributed by atoms with van der Waals surface area (Å²) < 4.78 is 72.7. The van der Waals surface area contributed by atoms with Crippen LogP contribution >= 0.6 is 0 Å². The SMILES string of the molecule is COc1cc2nccc(Oc3ccc(NC(=O)c4cn(CC(F)F)c(C)c(-c5ccc(F)cc5)c4=O)cc3F)c2nc1OC. The lowest BCUT2D eigenvalue weighted by Crippen LogP contribution is -2.27. The highest BCUT2D eigenvalue weighted by atomic mass is 19.3. The zero-order valence-corrected chi connectivity index (χ0v) is 23.5. The number of rotatable bonds is 9. The van der Waals surface area contributed by atoms with Gasteiger partial charge in [0.1, 0.15) is 16.9 Å². The number of hydrogen-bond acceptors (Lipinski definition) is 7. The summed E-state index contributed by atoms with van der Waals surface area (Å²) in [6.07, 6.45) is -0.323. The smallest absolute Gasteiger partial charge is 0.261 e. The first kappa shape index (κ1) is 30.0. The van der Waals surface area contributed by atoms with E-state index in [-0.39, 0.29) is 45.4 Å². The van der Waals surface area contributed by atoms with Gasteiger partial charge < -0.3 is 24.1 Å². The van der Waals surface area contributed by atoms with E-state index in [2.05, 4.69) is 15.3 Å². The minimum absolute atomic E-state index is 0.0346. The van der Waals surface area contributed by atoms with E-state index in [4.69, 9.17) is 14.2 Å². The van der Waals surface area contributed by atoms with Gasteiger partial charge >= 0.3 is 0 Å². The number of halogens is 4. The number of pyridine rings is 3. The van der Waals surface area contributed by atoms with Crippen molar-refractivity contribution in [3.63, 3.8) is 0 Å². The Morgan fingerprint density at radius 2 is 1.73 bits per heavy atom. The lowest BCUT2D eigenvalue weighted by molar-refractivity contribution is 0.102. The van der Waals surface area contributed by atoms with Crippen molar-refractivity contribution in [1.82, 2.24) is 14.5 Å². The number of aromatic nitrogens is 3. The van der Waals surface area contributed by atoms with Crippen LogP contribution in [0.4, 0.5) is 23.2 Å². The summed E-state index contributed by atoms with van der Waals surface area (Å²) in [6, 6.07) is 11.5. The summed E-state index contributed by atoms with van der Waals surface area (Å²) in [4.78, 5) is 35.2. The molecule has 0 fully saturated rings. The fraction of sp³-hybridized carbons (Fsp3) is 0.161. The van der Waals surface area contributed by atoms with Crippen LogP contribution in [-0.2, 0) is 6.54 Å². The van der Waals surface area contributed by atoms with Crippen LogP contribution in [0.3, 0.4) is 0 Å². The van der Waals surface area contributed by atoms with Crippen molar-refractivity contribution in [2.75, 3.05) is 19.5 Å². The number of carbonyl (C=O) groups is 1. The molecule has 1 N–H and O–H groups in total. The average Bonchev–Trinajstić information content (AvgIpc) is 3.00. The molecule has 0 bridgehead atoms. The topological polar surface area (TPSA) is 105 Å². The number of alkyl halides is 2. The molecule has 0 unspecified atom stereocenters. The zero-order valence-electron chi connectivity index (χ0n) is 23.5. The molecule has 1 amide bonds. The molecule has 226 valence electrons. The standard InChI is InChI=1S/C31H24F4N4O5/c1-16-27(17-4-6-18(32)7-5-17)29(40)20(14-39(16)15-26(34)35)30(41)37-19-8-9-23(21(33)12-19)44-24-10-11-36-22-13-25(42-2)31(43-3)38-28(22)24/h4-14,26H,15H2,1-3H3,(H,37,41). The summed E-state index contributed by atoms with van der Waals surface area (Å²) in [5.74, 6) is -1.91. The molecule has 0 aliphatic heterocycles. The predicted molar refractivity (Wildman–Crippen MR) is 154 cm³/mol. The number of anilines is 1. The molecule has 0 aliphatic carbocycles. The maximum absolute atomic E-state index is 15.2. The molecule has 3 aromatic heterocycles. The van der Waals surface area contributed by atoms with Crippen LogP contribution in [-0.4, -0.2) is 41.1 Å². The van der Waals surface area contributed by atoms with Crippen LogP contribution in [0.2, 0.25) is 0 Å². The minimum Gasteiger partial charge on any atom is -0.491 e. The van der Waals surface area contributed by atoms with Gasteiger partial charge in [0.15, 0.2) is 23.1 Å². The predicted octanol–water partition coefficient (Wildman–Crippen LogP) is 6.37. The Bertz CT molecular complexity index is 1930. The second kappa shape index (κ2) is 12.4. The Morgan fingerprint density at radius 1 is 0.977 bits per heavy atom. The lowest BCUT2D eigenvalue weighted by atomic mass is 10.0. The largest absolute Gasteiger partial charge is 0.491 e. The Labute approximate surface area is 247 Å². The first-order valence-corrected chi connectivity index (χ1v) is 13.0. The summed E-state index contributed by atoms with van der Waals surface area (Å²) in [5.41, 5.74) is -0.211. The lowest BCUT2D eigenvalue weighted by Gasteiger charge is -2.17. The van der Waals surface area contributed by atoms with E-state index in [1.165, 1.54) is 57.7 Å².